The highest BCUT2D eigenvalue weighted by Gasteiger charge is 2.26. The number of carbonyl (C=O) groups is 1. The molecule has 5 heteroatoms. The number of aromatic nitrogens is 2. The lowest BCUT2D eigenvalue weighted by Crippen LogP contribution is -2.34. The fourth-order valence-corrected chi connectivity index (χ4v) is 4.03. The minimum absolute atomic E-state index is 0.138. The molecule has 2 aromatic rings. The Labute approximate surface area is 141 Å². The Morgan fingerprint density at radius 1 is 1.43 bits per heavy atom. The molecule has 122 valence electrons. The summed E-state index contributed by atoms with van der Waals surface area (Å²) < 4.78 is 0. The molecule has 4 nitrogen and oxygen atoms in total. The number of amides is 1. The highest BCUT2D eigenvalue weighted by molar-refractivity contribution is 7.13. The fraction of sp³-hybridized carbons (Fsp3) is 0.500. The second-order valence-corrected chi connectivity index (χ2v) is 7.12. The van der Waals surface area contributed by atoms with Crippen molar-refractivity contribution in [1.29, 1.82) is 0 Å². The quantitative estimate of drug-likeness (QED) is 0.879. The lowest BCUT2D eigenvalue weighted by Gasteiger charge is -2.18. The minimum Gasteiger partial charge on any atom is -0.355 e. The van der Waals surface area contributed by atoms with Gasteiger partial charge in [-0.1, -0.05) is 19.8 Å². The van der Waals surface area contributed by atoms with Gasteiger partial charge in [-0.3, -0.25) is 9.78 Å². The van der Waals surface area contributed by atoms with Gasteiger partial charge in [-0.15, -0.1) is 11.3 Å². The average molecular weight is 329 g/mol. The van der Waals surface area contributed by atoms with Crippen molar-refractivity contribution < 1.29 is 4.79 Å². The largest absolute Gasteiger partial charge is 0.355 e. The van der Waals surface area contributed by atoms with E-state index in [1.165, 1.54) is 25.7 Å². The Hall–Kier alpha value is -1.75. The summed E-state index contributed by atoms with van der Waals surface area (Å²) >= 11 is 1.62. The molecule has 2 aromatic heterocycles. The van der Waals surface area contributed by atoms with Crippen LogP contribution in [0.25, 0.3) is 10.6 Å². The van der Waals surface area contributed by atoms with Crippen LogP contribution in [0, 0.1) is 11.8 Å². The van der Waals surface area contributed by atoms with Crippen LogP contribution in [0.5, 0.6) is 0 Å². The molecule has 0 saturated heterocycles. The lowest BCUT2D eigenvalue weighted by molar-refractivity contribution is -0.125. The molecule has 0 bridgehead atoms. The molecule has 1 atom stereocenters. The Kier molecular flexibility index (Phi) is 5.39. The summed E-state index contributed by atoms with van der Waals surface area (Å²) in [5.41, 5.74) is 2.07. The number of nitrogens with one attached hydrogen (secondary N) is 1. The normalized spacial score (nSPS) is 16.4. The van der Waals surface area contributed by atoms with E-state index < -0.39 is 0 Å². The van der Waals surface area contributed by atoms with E-state index >= 15 is 0 Å². The van der Waals surface area contributed by atoms with Crippen molar-refractivity contribution in [2.75, 3.05) is 6.54 Å². The first-order valence-corrected chi connectivity index (χ1v) is 9.24. The maximum Gasteiger partial charge on any atom is 0.223 e. The summed E-state index contributed by atoms with van der Waals surface area (Å²) in [6, 6.07) is 3.93. The molecule has 1 saturated carbocycles. The van der Waals surface area contributed by atoms with Crippen molar-refractivity contribution >= 4 is 17.2 Å². The number of carbonyl (C=O) groups excluding carboxylic acids is 1. The predicted octanol–water partition coefficient (Wildman–Crippen LogP) is 3.69. The third kappa shape index (κ3) is 4.16. The van der Waals surface area contributed by atoms with Crippen molar-refractivity contribution in [2.45, 2.75) is 39.0 Å². The topological polar surface area (TPSA) is 54.9 Å². The number of hydrogen-bond acceptors (Lipinski definition) is 4. The maximum atomic E-state index is 12.2. The summed E-state index contributed by atoms with van der Waals surface area (Å²) in [6.45, 7) is 2.72. The highest BCUT2D eigenvalue weighted by atomic mass is 32.1. The molecule has 0 aromatic carbocycles. The van der Waals surface area contributed by atoms with E-state index in [9.17, 15) is 4.79 Å². The van der Waals surface area contributed by atoms with E-state index in [0.717, 1.165) is 22.7 Å². The summed E-state index contributed by atoms with van der Waals surface area (Å²) in [4.78, 5) is 21.0. The number of hydrogen-bond donors (Lipinski definition) is 1. The van der Waals surface area contributed by atoms with Crippen LogP contribution in [0.1, 0.15) is 38.3 Å². The molecule has 3 rings (SSSR count). The second-order valence-electron chi connectivity index (χ2n) is 6.26. The number of thiazole rings is 1. The number of rotatable bonds is 6. The van der Waals surface area contributed by atoms with Gasteiger partial charge < -0.3 is 5.32 Å². The molecule has 0 aliphatic heterocycles. The summed E-state index contributed by atoms with van der Waals surface area (Å²) in [5.74, 6) is 0.907. The van der Waals surface area contributed by atoms with Crippen LogP contribution < -0.4 is 5.32 Å². The van der Waals surface area contributed by atoms with E-state index in [1.807, 2.05) is 18.3 Å². The predicted molar refractivity (Wildman–Crippen MR) is 93.2 cm³/mol. The molecule has 23 heavy (non-hydrogen) atoms. The first kappa shape index (κ1) is 16.1. The number of nitrogens with zero attached hydrogens (tertiary/aromatic N) is 2. The van der Waals surface area contributed by atoms with Crippen molar-refractivity contribution in [1.82, 2.24) is 15.3 Å². The summed E-state index contributed by atoms with van der Waals surface area (Å²) in [6.07, 6.45) is 9.33. The first-order chi connectivity index (χ1) is 11.2. The van der Waals surface area contributed by atoms with Crippen molar-refractivity contribution in [3.8, 4) is 10.6 Å². The van der Waals surface area contributed by atoms with Crippen LogP contribution in [0.15, 0.2) is 29.9 Å². The van der Waals surface area contributed by atoms with Crippen LogP contribution in [-0.2, 0) is 11.2 Å². The fourth-order valence-electron chi connectivity index (χ4n) is 3.19. The number of pyridine rings is 1. The lowest BCUT2D eigenvalue weighted by atomic mass is 9.92. The van der Waals surface area contributed by atoms with Gasteiger partial charge in [0.1, 0.15) is 5.01 Å². The zero-order valence-electron chi connectivity index (χ0n) is 13.5. The molecule has 1 unspecified atom stereocenters. The van der Waals surface area contributed by atoms with Crippen molar-refractivity contribution in [3.63, 3.8) is 0 Å². The van der Waals surface area contributed by atoms with Crippen LogP contribution >= 0.6 is 11.3 Å². The molecular formula is C18H23N3OS. The molecule has 1 N–H and O–H groups in total. The molecule has 2 heterocycles. The Morgan fingerprint density at radius 3 is 3.00 bits per heavy atom. The Bertz CT molecular complexity index is 635. The van der Waals surface area contributed by atoms with Gasteiger partial charge in [-0.2, -0.15) is 0 Å². The minimum atomic E-state index is 0.138. The van der Waals surface area contributed by atoms with Crippen molar-refractivity contribution in [2.24, 2.45) is 11.8 Å². The van der Waals surface area contributed by atoms with E-state index in [0.29, 0.717) is 12.5 Å². The maximum absolute atomic E-state index is 12.2. The van der Waals surface area contributed by atoms with Gasteiger partial charge in [0, 0.05) is 42.2 Å². The molecule has 1 aliphatic rings. The summed E-state index contributed by atoms with van der Waals surface area (Å²) in [7, 11) is 0. The molecule has 0 spiro atoms. The van der Waals surface area contributed by atoms with E-state index in [4.69, 9.17) is 0 Å². The molecule has 1 amide bonds. The van der Waals surface area contributed by atoms with Gasteiger partial charge >= 0.3 is 0 Å². The van der Waals surface area contributed by atoms with E-state index in [-0.39, 0.29) is 11.8 Å². The molecule has 1 aliphatic carbocycles. The highest BCUT2D eigenvalue weighted by Crippen LogP contribution is 2.31. The zero-order valence-corrected chi connectivity index (χ0v) is 14.3. The third-order valence-electron chi connectivity index (χ3n) is 4.66. The van der Waals surface area contributed by atoms with Crippen LogP contribution in [0.4, 0.5) is 0 Å². The van der Waals surface area contributed by atoms with Gasteiger partial charge in [-0.25, -0.2) is 4.98 Å². The molecule has 1 fully saturated rings. The SMILES string of the molecule is CC(C(=O)NCCc1csc(-c2cccnc2)n1)C1CCCC1. The van der Waals surface area contributed by atoms with E-state index in [2.05, 4.69) is 27.6 Å². The van der Waals surface area contributed by atoms with Gasteiger partial charge in [0.05, 0.1) is 5.69 Å². The Balaban J connectivity index is 1.47. The van der Waals surface area contributed by atoms with Gasteiger partial charge in [0.15, 0.2) is 0 Å². The first-order valence-electron chi connectivity index (χ1n) is 8.36. The monoisotopic (exact) mass is 329 g/mol. The van der Waals surface area contributed by atoms with Gasteiger partial charge in [0.25, 0.3) is 0 Å². The average Bonchev–Trinajstić information content (AvgIpc) is 3.27. The van der Waals surface area contributed by atoms with Crippen LogP contribution in [0.2, 0.25) is 0 Å². The summed E-state index contributed by atoms with van der Waals surface area (Å²) in [5, 5.41) is 6.12. The second kappa shape index (κ2) is 7.68. The zero-order chi connectivity index (χ0) is 16.1. The molecular weight excluding hydrogens is 306 g/mol. The van der Waals surface area contributed by atoms with Crippen molar-refractivity contribution in [3.05, 3.63) is 35.6 Å². The van der Waals surface area contributed by atoms with Crippen LogP contribution in [0.3, 0.4) is 0 Å². The van der Waals surface area contributed by atoms with E-state index in [1.54, 1.807) is 17.5 Å². The van der Waals surface area contributed by atoms with Crippen LogP contribution in [-0.4, -0.2) is 22.4 Å². The molecule has 0 radical (unpaired) electrons. The standard InChI is InChI=1S/C18H23N3OS/c1-13(14-5-2-3-6-14)17(22)20-10-8-16-12-23-18(21-16)15-7-4-9-19-11-15/h4,7,9,11-14H,2-3,5-6,8,10H2,1H3,(H,20,22). The smallest absolute Gasteiger partial charge is 0.223 e. The van der Waals surface area contributed by atoms with Gasteiger partial charge in [-0.05, 0) is 30.9 Å². The van der Waals surface area contributed by atoms with Gasteiger partial charge in [0.2, 0.25) is 5.91 Å². The Morgan fingerprint density at radius 2 is 2.26 bits per heavy atom. The third-order valence-corrected chi connectivity index (χ3v) is 5.60.